The second kappa shape index (κ2) is 7.65. The van der Waals surface area contributed by atoms with Crippen LogP contribution in [0, 0.1) is 0 Å². The molecule has 4 rings (SSSR count). The fraction of sp³-hybridized carbons (Fsp3) is 0.0417. The lowest BCUT2D eigenvalue weighted by atomic mass is 9.94. The lowest BCUT2D eigenvalue weighted by Crippen LogP contribution is -1.88. The molecule has 0 unspecified atom stereocenters. The number of halogens is 1. The predicted molar refractivity (Wildman–Crippen MR) is 112 cm³/mol. The van der Waals surface area contributed by atoms with Gasteiger partial charge in [-0.25, -0.2) is 0 Å². The van der Waals surface area contributed by atoms with Crippen LogP contribution in [-0.4, -0.2) is 12.1 Å². The molecular weight excluding hydrogens is 354 g/mol. The first-order chi connectivity index (χ1) is 13.2. The summed E-state index contributed by atoms with van der Waals surface area (Å²) in [5.74, 6) is 0.748. The van der Waals surface area contributed by atoms with Gasteiger partial charge in [0.05, 0.1) is 12.8 Å². The molecule has 0 atom stereocenters. The molecule has 3 heteroatoms. The third-order valence-corrected chi connectivity index (χ3v) is 4.72. The van der Waals surface area contributed by atoms with Crippen LogP contribution in [0.4, 0.5) is 0 Å². The molecule has 0 radical (unpaired) electrons. The Bertz CT molecular complexity index is 1060. The van der Waals surface area contributed by atoms with E-state index in [9.17, 15) is 0 Å². The van der Waals surface area contributed by atoms with Crippen LogP contribution in [-0.2, 0) is 0 Å². The number of methoxy groups -OCH3 is 1. The van der Waals surface area contributed by atoms with E-state index in [1.54, 1.807) is 7.11 Å². The van der Waals surface area contributed by atoms with Crippen molar-refractivity contribution in [2.75, 3.05) is 7.11 Å². The molecule has 0 N–H and O–H groups in total. The number of rotatable bonds is 4. The zero-order chi connectivity index (χ0) is 18.6. The molecular formula is C24H18ClNO. The molecule has 0 fully saturated rings. The van der Waals surface area contributed by atoms with E-state index in [0.717, 1.165) is 39.3 Å². The summed E-state index contributed by atoms with van der Waals surface area (Å²) >= 11 is 6.28. The summed E-state index contributed by atoms with van der Waals surface area (Å²) in [5, 5.41) is 0.657. The largest absolute Gasteiger partial charge is 0.497 e. The SMILES string of the molecule is COc1cc(Cl)cc(-c2ccccc2-c2ccc(-c3ccccn3)cc2)c1. The highest BCUT2D eigenvalue weighted by molar-refractivity contribution is 6.31. The van der Waals surface area contributed by atoms with E-state index in [0.29, 0.717) is 5.02 Å². The highest BCUT2D eigenvalue weighted by Crippen LogP contribution is 2.36. The molecule has 0 aliphatic heterocycles. The first kappa shape index (κ1) is 17.3. The maximum Gasteiger partial charge on any atom is 0.120 e. The summed E-state index contributed by atoms with van der Waals surface area (Å²) in [7, 11) is 1.65. The van der Waals surface area contributed by atoms with Crippen molar-refractivity contribution in [3.05, 3.63) is 96.1 Å². The monoisotopic (exact) mass is 371 g/mol. The third-order valence-electron chi connectivity index (χ3n) is 4.50. The van der Waals surface area contributed by atoms with Gasteiger partial charge < -0.3 is 4.74 Å². The van der Waals surface area contributed by atoms with Crippen LogP contribution in [0.2, 0.25) is 5.02 Å². The van der Waals surface area contributed by atoms with Gasteiger partial charge in [0.15, 0.2) is 0 Å². The van der Waals surface area contributed by atoms with Gasteiger partial charge in [0, 0.05) is 16.8 Å². The number of hydrogen-bond donors (Lipinski definition) is 0. The predicted octanol–water partition coefficient (Wildman–Crippen LogP) is 6.74. The molecule has 1 aromatic heterocycles. The van der Waals surface area contributed by atoms with E-state index in [1.165, 1.54) is 0 Å². The third kappa shape index (κ3) is 3.71. The lowest BCUT2D eigenvalue weighted by Gasteiger charge is -2.12. The van der Waals surface area contributed by atoms with E-state index in [1.807, 2.05) is 54.7 Å². The van der Waals surface area contributed by atoms with Crippen LogP contribution in [0.3, 0.4) is 0 Å². The van der Waals surface area contributed by atoms with Crippen molar-refractivity contribution in [2.45, 2.75) is 0 Å². The minimum absolute atomic E-state index is 0.657. The number of hydrogen-bond acceptors (Lipinski definition) is 2. The van der Waals surface area contributed by atoms with Gasteiger partial charge in [0.2, 0.25) is 0 Å². The van der Waals surface area contributed by atoms with Crippen molar-refractivity contribution in [3.8, 4) is 39.3 Å². The number of benzene rings is 3. The van der Waals surface area contributed by atoms with Crippen LogP contribution >= 0.6 is 11.6 Å². The molecule has 2 nitrogen and oxygen atoms in total. The molecule has 132 valence electrons. The molecule has 0 saturated carbocycles. The van der Waals surface area contributed by atoms with Crippen LogP contribution < -0.4 is 4.74 Å². The van der Waals surface area contributed by atoms with Crippen LogP contribution in [0.5, 0.6) is 5.75 Å². The Morgan fingerprint density at radius 3 is 2.04 bits per heavy atom. The van der Waals surface area contributed by atoms with E-state index in [-0.39, 0.29) is 0 Å². The van der Waals surface area contributed by atoms with E-state index >= 15 is 0 Å². The maximum atomic E-state index is 6.28. The molecule has 3 aromatic carbocycles. The maximum absolute atomic E-state index is 6.28. The summed E-state index contributed by atoms with van der Waals surface area (Å²) in [6.45, 7) is 0. The van der Waals surface area contributed by atoms with Gasteiger partial charge in [0.1, 0.15) is 5.75 Å². The fourth-order valence-electron chi connectivity index (χ4n) is 3.18. The van der Waals surface area contributed by atoms with Crippen LogP contribution in [0.1, 0.15) is 0 Å². The molecule has 0 spiro atoms. The van der Waals surface area contributed by atoms with Gasteiger partial charge >= 0.3 is 0 Å². The molecule has 0 amide bonds. The van der Waals surface area contributed by atoms with Crippen molar-refractivity contribution in [1.29, 1.82) is 0 Å². The average Bonchev–Trinajstić information content (AvgIpc) is 2.74. The van der Waals surface area contributed by atoms with Gasteiger partial charge in [-0.05, 0) is 52.6 Å². The van der Waals surface area contributed by atoms with Crippen molar-refractivity contribution in [1.82, 2.24) is 4.98 Å². The van der Waals surface area contributed by atoms with Gasteiger partial charge in [-0.1, -0.05) is 66.2 Å². The van der Waals surface area contributed by atoms with E-state index in [4.69, 9.17) is 16.3 Å². The number of pyridine rings is 1. The number of nitrogens with zero attached hydrogens (tertiary/aromatic N) is 1. The van der Waals surface area contributed by atoms with Gasteiger partial charge in [-0.15, -0.1) is 0 Å². The van der Waals surface area contributed by atoms with E-state index < -0.39 is 0 Å². The van der Waals surface area contributed by atoms with Crippen molar-refractivity contribution in [2.24, 2.45) is 0 Å². The molecule has 0 bridgehead atoms. The highest BCUT2D eigenvalue weighted by Gasteiger charge is 2.10. The fourth-order valence-corrected chi connectivity index (χ4v) is 3.40. The van der Waals surface area contributed by atoms with Gasteiger partial charge in [-0.2, -0.15) is 0 Å². The first-order valence-electron chi connectivity index (χ1n) is 8.70. The molecule has 0 aliphatic carbocycles. The minimum Gasteiger partial charge on any atom is -0.497 e. The Labute approximate surface area is 164 Å². The summed E-state index contributed by atoms with van der Waals surface area (Å²) in [6.07, 6.45) is 1.81. The minimum atomic E-state index is 0.657. The Morgan fingerprint density at radius 2 is 1.37 bits per heavy atom. The van der Waals surface area contributed by atoms with Gasteiger partial charge in [0.25, 0.3) is 0 Å². The summed E-state index contributed by atoms with van der Waals surface area (Å²) in [5.41, 5.74) is 6.50. The first-order valence-corrected chi connectivity index (χ1v) is 9.08. The van der Waals surface area contributed by atoms with Crippen LogP contribution in [0.15, 0.2) is 91.1 Å². The summed E-state index contributed by atoms with van der Waals surface area (Å²) < 4.78 is 5.38. The van der Waals surface area contributed by atoms with Crippen molar-refractivity contribution >= 4 is 11.6 Å². The average molecular weight is 372 g/mol. The normalized spacial score (nSPS) is 10.6. The topological polar surface area (TPSA) is 22.1 Å². The van der Waals surface area contributed by atoms with Crippen LogP contribution in [0.25, 0.3) is 33.5 Å². The second-order valence-electron chi connectivity index (χ2n) is 6.22. The molecule has 4 aromatic rings. The second-order valence-corrected chi connectivity index (χ2v) is 6.65. The molecule has 0 aliphatic rings. The Morgan fingerprint density at radius 1 is 0.704 bits per heavy atom. The number of aromatic nitrogens is 1. The Kier molecular flexibility index (Phi) is 4.91. The van der Waals surface area contributed by atoms with Gasteiger partial charge in [-0.3, -0.25) is 4.98 Å². The zero-order valence-corrected chi connectivity index (χ0v) is 15.6. The van der Waals surface area contributed by atoms with E-state index in [2.05, 4.69) is 41.4 Å². The molecule has 0 saturated heterocycles. The molecule has 1 heterocycles. The quantitative estimate of drug-likeness (QED) is 0.396. The highest BCUT2D eigenvalue weighted by atomic mass is 35.5. The Balaban J connectivity index is 1.77. The van der Waals surface area contributed by atoms with Crippen molar-refractivity contribution < 1.29 is 4.74 Å². The summed E-state index contributed by atoms with van der Waals surface area (Å²) in [6, 6.07) is 28.5. The lowest BCUT2D eigenvalue weighted by molar-refractivity contribution is 0.415. The van der Waals surface area contributed by atoms with Crippen molar-refractivity contribution in [3.63, 3.8) is 0 Å². The standard InChI is InChI=1S/C24H18ClNO/c1-27-21-15-19(14-20(25)16-21)23-7-3-2-6-22(23)17-9-11-18(12-10-17)24-8-4-5-13-26-24/h2-16H,1H3. The zero-order valence-electron chi connectivity index (χ0n) is 14.9. The number of ether oxygens (including phenoxy) is 1. The Hall–Kier alpha value is -3.10. The molecule has 27 heavy (non-hydrogen) atoms. The summed E-state index contributed by atoms with van der Waals surface area (Å²) in [4.78, 5) is 4.42. The smallest absolute Gasteiger partial charge is 0.120 e.